The minimum atomic E-state index is -0.508. The van der Waals surface area contributed by atoms with Gasteiger partial charge in [-0.25, -0.2) is 4.39 Å². The Morgan fingerprint density at radius 3 is 2.88 bits per heavy atom. The highest BCUT2D eigenvalue weighted by molar-refractivity contribution is 7.09. The summed E-state index contributed by atoms with van der Waals surface area (Å²) in [6, 6.07) is 7.63. The Balaban J connectivity index is 2.04. The molecule has 1 amide bonds. The van der Waals surface area contributed by atoms with Crippen LogP contribution in [-0.4, -0.2) is 5.91 Å². The summed E-state index contributed by atoms with van der Waals surface area (Å²) in [5.41, 5.74) is 5.95. The van der Waals surface area contributed by atoms with Crippen molar-refractivity contribution in [3.63, 3.8) is 0 Å². The zero-order chi connectivity index (χ0) is 12.3. The number of hydrogen-bond donors (Lipinski definition) is 2. The summed E-state index contributed by atoms with van der Waals surface area (Å²) in [4.78, 5) is 12.8. The molecule has 3 N–H and O–H groups in total. The van der Waals surface area contributed by atoms with Crippen LogP contribution in [0.15, 0.2) is 35.7 Å². The van der Waals surface area contributed by atoms with Crippen LogP contribution in [0.3, 0.4) is 0 Å². The Kier molecular flexibility index (Phi) is 3.39. The topological polar surface area (TPSA) is 55.1 Å². The lowest BCUT2D eigenvalue weighted by molar-refractivity contribution is 0.0951. The molecule has 88 valence electrons. The summed E-state index contributed by atoms with van der Waals surface area (Å²) >= 11 is 1.55. The summed E-state index contributed by atoms with van der Waals surface area (Å²) < 4.78 is 13.0. The standard InChI is InChI=1S/C12H11FN2OS/c13-9-4-8(5-10(14)6-9)12(16)15-7-11-2-1-3-17-11/h1-6H,7,14H2,(H,15,16). The highest BCUT2D eigenvalue weighted by Gasteiger charge is 2.07. The summed E-state index contributed by atoms with van der Waals surface area (Å²) in [7, 11) is 0. The van der Waals surface area contributed by atoms with E-state index in [1.54, 1.807) is 11.3 Å². The van der Waals surface area contributed by atoms with Crippen LogP contribution in [0.4, 0.5) is 10.1 Å². The zero-order valence-corrected chi connectivity index (χ0v) is 9.76. The molecule has 1 aromatic carbocycles. The third-order valence-electron chi connectivity index (χ3n) is 2.19. The van der Waals surface area contributed by atoms with Gasteiger partial charge in [0.1, 0.15) is 5.82 Å². The van der Waals surface area contributed by atoms with E-state index in [0.717, 1.165) is 4.88 Å². The molecule has 0 spiro atoms. The van der Waals surface area contributed by atoms with Crippen LogP contribution in [0.25, 0.3) is 0 Å². The van der Waals surface area contributed by atoms with Crippen LogP contribution in [0.5, 0.6) is 0 Å². The third kappa shape index (κ3) is 3.04. The maximum atomic E-state index is 13.0. The van der Waals surface area contributed by atoms with E-state index in [2.05, 4.69) is 5.32 Å². The second-order valence-corrected chi connectivity index (χ2v) is 4.57. The van der Waals surface area contributed by atoms with E-state index >= 15 is 0 Å². The minimum absolute atomic E-state index is 0.235. The summed E-state index contributed by atoms with van der Waals surface area (Å²) in [6.07, 6.45) is 0. The summed E-state index contributed by atoms with van der Waals surface area (Å²) in [5, 5.41) is 4.64. The Bertz CT molecular complexity index is 505. The second kappa shape index (κ2) is 4.97. The van der Waals surface area contributed by atoms with Crippen molar-refractivity contribution in [3.05, 3.63) is 52.0 Å². The molecule has 0 aliphatic rings. The fourth-order valence-electron chi connectivity index (χ4n) is 1.43. The smallest absolute Gasteiger partial charge is 0.251 e. The molecule has 2 rings (SSSR count). The number of nitrogens with one attached hydrogen (secondary N) is 1. The first-order chi connectivity index (χ1) is 8.15. The van der Waals surface area contributed by atoms with E-state index in [1.165, 1.54) is 18.2 Å². The van der Waals surface area contributed by atoms with Crippen LogP contribution in [0.2, 0.25) is 0 Å². The first-order valence-corrected chi connectivity index (χ1v) is 5.90. The van der Waals surface area contributed by atoms with Gasteiger partial charge in [0.25, 0.3) is 5.91 Å². The third-order valence-corrected chi connectivity index (χ3v) is 3.06. The predicted octanol–water partition coefficient (Wildman–Crippen LogP) is 2.40. The van der Waals surface area contributed by atoms with Crippen molar-refractivity contribution >= 4 is 22.9 Å². The fraction of sp³-hybridized carbons (Fsp3) is 0.0833. The van der Waals surface area contributed by atoms with E-state index in [4.69, 9.17) is 5.73 Å². The van der Waals surface area contributed by atoms with Crippen molar-refractivity contribution in [1.29, 1.82) is 0 Å². The lowest BCUT2D eigenvalue weighted by Crippen LogP contribution is -2.22. The number of nitrogen functional groups attached to an aromatic ring is 1. The summed E-state index contributed by atoms with van der Waals surface area (Å²) in [5.74, 6) is -0.837. The van der Waals surface area contributed by atoms with E-state index in [-0.39, 0.29) is 17.2 Å². The SMILES string of the molecule is Nc1cc(F)cc(C(=O)NCc2cccs2)c1. The van der Waals surface area contributed by atoms with Crippen LogP contribution < -0.4 is 11.1 Å². The van der Waals surface area contributed by atoms with Gasteiger partial charge >= 0.3 is 0 Å². The maximum Gasteiger partial charge on any atom is 0.251 e. The molecule has 0 atom stereocenters. The van der Waals surface area contributed by atoms with Gasteiger partial charge in [-0.05, 0) is 29.6 Å². The lowest BCUT2D eigenvalue weighted by atomic mass is 10.2. The normalized spacial score (nSPS) is 10.2. The molecule has 5 heteroatoms. The monoisotopic (exact) mass is 250 g/mol. The molecule has 2 aromatic rings. The minimum Gasteiger partial charge on any atom is -0.399 e. The van der Waals surface area contributed by atoms with Crippen molar-refractivity contribution in [2.24, 2.45) is 0 Å². The average molecular weight is 250 g/mol. The number of rotatable bonds is 3. The molecule has 0 aliphatic heterocycles. The van der Waals surface area contributed by atoms with Crippen LogP contribution >= 0.6 is 11.3 Å². The van der Waals surface area contributed by atoms with Crippen LogP contribution in [-0.2, 0) is 6.54 Å². The Hall–Kier alpha value is -1.88. The quantitative estimate of drug-likeness (QED) is 0.822. The Morgan fingerprint density at radius 1 is 1.41 bits per heavy atom. The fourth-order valence-corrected chi connectivity index (χ4v) is 2.07. The molecule has 0 radical (unpaired) electrons. The predicted molar refractivity (Wildman–Crippen MR) is 66.3 cm³/mol. The molecule has 1 heterocycles. The number of carbonyl (C=O) groups excluding carboxylic acids is 1. The van der Waals surface area contributed by atoms with Gasteiger partial charge in [0.2, 0.25) is 0 Å². The van der Waals surface area contributed by atoms with Gasteiger partial charge in [-0.3, -0.25) is 4.79 Å². The van der Waals surface area contributed by atoms with Crippen molar-refractivity contribution in [1.82, 2.24) is 5.32 Å². The van der Waals surface area contributed by atoms with E-state index < -0.39 is 5.82 Å². The Labute approximate surface area is 102 Å². The number of halogens is 1. The lowest BCUT2D eigenvalue weighted by Gasteiger charge is -2.04. The largest absolute Gasteiger partial charge is 0.399 e. The molecular weight excluding hydrogens is 239 g/mol. The van der Waals surface area contributed by atoms with Gasteiger partial charge in [-0.2, -0.15) is 0 Å². The van der Waals surface area contributed by atoms with Gasteiger partial charge in [-0.15, -0.1) is 11.3 Å². The van der Waals surface area contributed by atoms with Gasteiger partial charge in [0, 0.05) is 16.1 Å². The molecule has 0 fully saturated rings. The van der Waals surface area contributed by atoms with E-state index in [1.807, 2.05) is 17.5 Å². The number of anilines is 1. The number of hydrogen-bond acceptors (Lipinski definition) is 3. The molecular formula is C12H11FN2OS. The number of amides is 1. The molecule has 17 heavy (non-hydrogen) atoms. The number of benzene rings is 1. The molecule has 0 saturated carbocycles. The van der Waals surface area contributed by atoms with Crippen molar-refractivity contribution in [3.8, 4) is 0 Å². The van der Waals surface area contributed by atoms with Crippen molar-refractivity contribution in [2.75, 3.05) is 5.73 Å². The first-order valence-electron chi connectivity index (χ1n) is 5.02. The van der Waals surface area contributed by atoms with Gasteiger partial charge < -0.3 is 11.1 Å². The highest BCUT2D eigenvalue weighted by atomic mass is 32.1. The molecule has 0 aliphatic carbocycles. The summed E-state index contributed by atoms with van der Waals surface area (Å²) in [6.45, 7) is 0.437. The van der Waals surface area contributed by atoms with E-state index in [9.17, 15) is 9.18 Å². The maximum absolute atomic E-state index is 13.0. The zero-order valence-electron chi connectivity index (χ0n) is 8.94. The molecule has 0 saturated heterocycles. The molecule has 0 unspecified atom stereocenters. The van der Waals surface area contributed by atoms with E-state index in [0.29, 0.717) is 6.54 Å². The van der Waals surface area contributed by atoms with Gasteiger partial charge in [0.05, 0.1) is 6.54 Å². The second-order valence-electron chi connectivity index (χ2n) is 3.54. The first kappa shape index (κ1) is 11.6. The highest BCUT2D eigenvalue weighted by Crippen LogP contribution is 2.12. The van der Waals surface area contributed by atoms with Crippen LogP contribution in [0, 0.1) is 5.82 Å². The molecule has 0 bridgehead atoms. The molecule has 1 aromatic heterocycles. The van der Waals surface area contributed by atoms with Gasteiger partial charge in [-0.1, -0.05) is 6.07 Å². The van der Waals surface area contributed by atoms with Crippen molar-refractivity contribution < 1.29 is 9.18 Å². The number of thiophene rings is 1. The Morgan fingerprint density at radius 2 is 2.24 bits per heavy atom. The number of nitrogens with two attached hydrogens (primary N) is 1. The number of carbonyl (C=O) groups is 1. The van der Waals surface area contributed by atoms with Crippen LogP contribution in [0.1, 0.15) is 15.2 Å². The van der Waals surface area contributed by atoms with Crippen molar-refractivity contribution in [2.45, 2.75) is 6.54 Å². The van der Waals surface area contributed by atoms with Gasteiger partial charge in [0.15, 0.2) is 0 Å². The molecule has 3 nitrogen and oxygen atoms in total. The average Bonchev–Trinajstić information content (AvgIpc) is 2.77.